The molecule has 1 fully saturated rings. The van der Waals surface area contributed by atoms with E-state index in [0.29, 0.717) is 6.10 Å². The summed E-state index contributed by atoms with van der Waals surface area (Å²) < 4.78 is 7.65. The summed E-state index contributed by atoms with van der Waals surface area (Å²) in [4.78, 5) is 4.64. The number of hydrogen-bond acceptors (Lipinski definition) is 2. The summed E-state index contributed by atoms with van der Waals surface area (Å²) in [7, 11) is 0. The van der Waals surface area contributed by atoms with Crippen molar-refractivity contribution in [3.8, 4) is 0 Å². The topological polar surface area (TPSA) is 30.4 Å². The van der Waals surface area contributed by atoms with Crippen LogP contribution in [0.5, 0.6) is 0 Å². The highest BCUT2D eigenvalue weighted by molar-refractivity contribution is 5.20. The van der Waals surface area contributed by atoms with Gasteiger partial charge in [0.15, 0.2) is 0 Å². The van der Waals surface area contributed by atoms with E-state index in [4.69, 9.17) is 4.74 Å². The smallest absolute Gasteiger partial charge is 0.106 e. The fraction of sp³-hybridized carbons (Fsp3) is 0.727. The van der Waals surface area contributed by atoms with Gasteiger partial charge in [0.05, 0.1) is 24.9 Å². The van der Waals surface area contributed by atoms with Gasteiger partial charge in [0.2, 0.25) is 0 Å². The number of ether oxygens (including phenoxy) is 1. The molecule has 3 heteroatoms. The van der Waals surface area contributed by atoms with E-state index in [1.165, 1.54) is 42.9 Å². The second kappa shape index (κ2) is 3.09. The monoisotopic (exact) mass is 192 g/mol. The average Bonchev–Trinajstić information content (AvgIpc) is 2.93. The summed E-state index contributed by atoms with van der Waals surface area (Å²) in [5.74, 6) is 1.17. The lowest BCUT2D eigenvalue weighted by molar-refractivity contribution is 0.377. The molecule has 3 rings (SSSR count). The standard InChI is InChI=1S/C11H16N2O/c1-8-12-10-4-2-3-5-11(10)13(8)6-9-7-14-9/h9H,2-7H2,1H3. The van der Waals surface area contributed by atoms with Crippen molar-refractivity contribution in [2.24, 2.45) is 0 Å². The molecule has 2 heterocycles. The first-order valence-electron chi connectivity index (χ1n) is 5.51. The van der Waals surface area contributed by atoms with Crippen molar-refractivity contribution >= 4 is 0 Å². The van der Waals surface area contributed by atoms with Gasteiger partial charge in [-0.15, -0.1) is 0 Å². The number of rotatable bonds is 2. The van der Waals surface area contributed by atoms with Gasteiger partial charge in [-0.25, -0.2) is 4.98 Å². The second-order valence-electron chi connectivity index (χ2n) is 4.33. The maximum Gasteiger partial charge on any atom is 0.106 e. The third-order valence-corrected chi connectivity index (χ3v) is 3.21. The van der Waals surface area contributed by atoms with Gasteiger partial charge >= 0.3 is 0 Å². The summed E-state index contributed by atoms with van der Waals surface area (Å²) in [6.45, 7) is 4.07. The highest BCUT2D eigenvalue weighted by atomic mass is 16.6. The van der Waals surface area contributed by atoms with Gasteiger partial charge in [-0.1, -0.05) is 0 Å². The summed E-state index contributed by atoms with van der Waals surface area (Å²) in [6, 6.07) is 0. The highest BCUT2D eigenvalue weighted by Crippen LogP contribution is 2.24. The second-order valence-corrected chi connectivity index (χ2v) is 4.33. The fourth-order valence-corrected chi connectivity index (χ4v) is 2.36. The molecule has 1 aliphatic heterocycles. The summed E-state index contributed by atoms with van der Waals surface area (Å²) >= 11 is 0. The quantitative estimate of drug-likeness (QED) is 0.664. The van der Waals surface area contributed by atoms with Crippen LogP contribution in [0, 0.1) is 6.92 Å². The predicted octanol–water partition coefficient (Wildman–Crippen LogP) is 1.47. The molecule has 0 N–H and O–H groups in total. The van der Waals surface area contributed by atoms with Crippen molar-refractivity contribution in [3.63, 3.8) is 0 Å². The molecule has 1 unspecified atom stereocenters. The van der Waals surface area contributed by atoms with E-state index < -0.39 is 0 Å². The molecule has 2 aliphatic rings. The molecule has 0 saturated carbocycles. The Morgan fingerprint density at radius 2 is 2.21 bits per heavy atom. The molecule has 0 bridgehead atoms. The minimum Gasteiger partial charge on any atom is -0.371 e. The fourth-order valence-electron chi connectivity index (χ4n) is 2.36. The Kier molecular flexibility index (Phi) is 1.87. The van der Waals surface area contributed by atoms with Crippen molar-refractivity contribution < 1.29 is 4.74 Å². The minimum absolute atomic E-state index is 0.467. The molecule has 1 saturated heterocycles. The van der Waals surface area contributed by atoms with Gasteiger partial charge in [0.25, 0.3) is 0 Å². The molecule has 1 atom stereocenters. The van der Waals surface area contributed by atoms with E-state index >= 15 is 0 Å². The molecule has 1 aromatic heterocycles. The molecule has 3 nitrogen and oxygen atoms in total. The van der Waals surface area contributed by atoms with Crippen molar-refractivity contribution in [3.05, 3.63) is 17.2 Å². The first kappa shape index (κ1) is 8.48. The van der Waals surface area contributed by atoms with Gasteiger partial charge in [-0.3, -0.25) is 0 Å². The van der Waals surface area contributed by atoms with Crippen LogP contribution in [-0.4, -0.2) is 22.3 Å². The molecule has 76 valence electrons. The first-order valence-corrected chi connectivity index (χ1v) is 5.51. The van der Waals surface area contributed by atoms with E-state index in [9.17, 15) is 0 Å². The van der Waals surface area contributed by atoms with Gasteiger partial charge in [-0.2, -0.15) is 0 Å². The third kappa shape index (κ3) is 1.36. The summed E-state index contributed by atoms with van der Waals surface area (Å²) in [5.41, 5.74) is 2.82. The third-order valence-electron chi connectivity index (χ3n) is 3.21. The largest absolute Gasteiger partial charge is 0.371 e. The highest BCUT2D eigenvalue weighted by Gasteiger charge is 2.26. The molecule has 0 radical (unpaired) electrons. The van der Waals surface area contributed by atoms with Gasteiger partial charge in [-0.05, 0) is 32.6 Å². The molecule has 0 spiro atoms. The first-order chi connectivity index (χ1) is 6.84. The van der Waals surface area contributed by atoms with Gasteiger partial charge < -0.3 is 9.30 Å². The lowest BCUT2D eigenvalue weighted by Gasteiger charge is -2.13. The molecule has 0 amide bonds. The summed E-state index contributed by atoms with van der Waals surface area (Å²) in [5, 5.41) is 0. The average molecular weight is 192 g/mol. The van der Waals surface area contributed by atoms with Gasteiger partial charge in [0.1, 0.15) is 5.82 Å². The van der Waals surface area contributed by atoms with E-state index in [1.54, 1.807) is 0 Å². The van der Waals surface area contributed by atoms with E-state index in [0.717, 1.165) is 13.2 Å². The van der Waals surface area contributed by atoms with Crippen molar-refractivity contribution in [1.29, 1.82) is 0 Å². The van der Waals surface area contributed by atoms with Crippen LogP contribution in [-0.2, 0) is 24.1 Å². The van der Waals surface area contributed by atoms with Crippen LogP contribution in [0.4, 0.5) is 0 Å². The van der Waals surface area contributed by atoms with Crippen LogP contribution in [0.25, 0.3) is 0 Å². The lowest BCUT2D eigenvalue weighted by Crippen LogP contribution is -2.12. The molecule has 14 heavy (non-hydrogen) atoms. The molecule has 1 aliphatic carbocycles. The predicted molar refractivity (Wildman–Crippen MR) is 53.3 cm³/mol. The Balaban J connectivity index is 1.94. The Morgan fingerprint density at radius 1 is 1.43 bits per heavy atom. The van der Waals surface area contributed by atoms with Crippen molar-refractivity contribution in [2.45, 2.75) is 45.3 Å². The number of aromatic nitrogens is 2. The van der Waals surface area contributed by atoms with Crippen LogP contribution < -0.4 is 0 Å². The number of aryl methyl sites for hydroxylation is 2. The van der Waals surface area contributed by atoms with E-state index in [-0.39, 0.29) is 0 Å². The van der Waals surface area contributed by atoms with Crippen LogP contribution in [0.2, 0.25) is 0 Å². The number of epoxide rings is 1. The number of nitrogens with zero attached hydrogens (tertiary/aromatic N) is 2. The Labute approximate surface area is 84.1 Å². The van der Waals surface area contributed by atoms with E-state index in [2.05, 4.69) is 16.5 Å². The Bertz CT molecular complexity index is 352. The number of hydrogen-bond donors (Lipinski definition) is 0. The normalized spacial score (nSPS) is 24.8. The number of imidazole rings is 1. The van der Waals surface area contributed by atoms with Crippen LogP contribution in [0.1, 0.15) is 30.1 Å². The SMILES string of the molecule is Cc1nc2c(n1CC1CO1)CCCC2. The zero-order valence-electron chi connectivity index (χ0n) is 8.62. The maximum atomic E-state index is 5.28. The van der Waals surface area contributed by atoms with Crippen LogP contribution >= 0.6 is 0 Å². The van der Waals surface area contributed by atoms with E-state index in [1.807, 2.05) is 0 Å². The lowest BCUT2D eigenvalue weighted by atomic mass is 10.0. The van der Waals surface area contributed by atoms with Crippen LogP contribution in [0.15, 0.2) is 0 Å². The maximum absolute atomic E-state index is 5.28. The van der Waals surface area contributed by atoms with Crippen molar-refractivity contribution in [1.82, 2.24) is 9.55 Å². The molecule has 1 aromatic rings. The molecule has 0 aromatic carbocycles. The Morgan fingerprint density at radius 3 is 3.00 bits per heavy atom. The molecular formula is C11H16N2O. The zero-order chi connectivity index (χ0) is 9.54. The Hall–Kier alpha value is -0.830. The van der Waals surface area contributed by atoms with Crippen LogP contribution in [0.3, 0.4) is 0 Å². The number of fused-ring (bicyclic) bond motifs is 1. The summed E-state index contributed by atoms with van der Waals surface area (Å²) in [6.07, 6.45) is 5.49. The van der Waals surface area contributed by atoms with Crippen molar-refractivity contribution in [2.75, 3.05) is 6.61 Å². The molecular weight excluding hydrogens is 176 g/mol. The van der Waals surface area contributed by atoms with Gasteiger partial charge in [0, 0.05) is 5.69 Å². The zero-order valence-corrected chi connectivity index (χ0v) is 8.62. The minimum atomic E-state index is 0.467.